The molecule has 3 N–H and O–H groups in total. The molecule has 23 heavy (non-hydrogen) atoms. The van der Waals surface area contributed by atoms with E-state index in [4.69, 9.17) is 10.5 Å². The lowest BCUT2D eigenvalue weighted by Crippen LogP contribution is -2.40. The molecule has 0 radical (unpaired) electrons. The third-order valence-corrected chi connectivity index (χ3v) is 3.78. The number of hydrogen-bond donors (Lipinski definition) is 2. The molecule has 0 saturated heterocycles. The molecule has 122 valence electrons. The number of ether oxygens (including phenoxy) is 1. The Hall–Kier alpha value is -2.33. The van der Waals surface area contributed by atoms with Crippen molar-refractivity contribution in [2.24, 2.45) is 11.7 Å². The summed E-state index contributed by atoms with van der Waals surface area (Å²) in [5.74, 6) is 0.425. The van der Waals surface area contributed by atoms with Crippen LogP contribution >= 0.6 is 0 Å². The third kappa shape index (κ3) is 5.11. The molecule has 3 unspecified atom stereocenters. The highest BCUT2D eigenvalue weighted by atomic mass is 16.5. The highest BCUT2D eigenvalue weighted by Crippen LogP contribution is 2.19. The van der Waals surface area contributed by atoms with Crippen molar-refractivity contribution in [3.8, 4) is 5.75 Å². The number of carbonyl (C=O) groups is 1. The Bertz CT molecular complexity index is 601. The maximum Gasteiger partial charge on any atom is 0.224 e. The van der Waals surface area contributed by atoms with Gasteiger partial charge in [-0.1, -0.05) is 55.5 Å². The molecule has 0 aromatic heterocycles. The normalized spacial score (nSPS) is 14.6. The maximum atomic E-state index is 12.3. The molecule has 0 aliphatic rings. The number of benzene rings is 2. The lowest BCUT2D eigenvalue weighted by Gasteiger charge is -2.21. The Balaban J connectivity index is 1.82. The van der Waals surface area contributed by atoms with Gasteiger partial charge in [0.05, 0.1) is 12.5 Å². The number of amides is 1. The molecular weight excluding hydrogens is 288 g/mol. The summed E-state index contributed by atoms with van der Waals surface area (Å²) in [5.41, 5.74) is 7.14. The summed E-state index contributed by atoms with van der Waals surface area (Å²) in [6.45, 7) is 4.21. The summed E-state index contributed by atoms with van der Waals surface area (Å²) in [7, 11) is 0. The fourth-order valence-corrected chi connectivity index (χ4v) is 2.31. The summed E-state index contributed by atoms with van der Waals surface area (Å²) in [5, 5.41) is 2.91. The predicted molar refractivity (Wildman–Crippen MR) is 92.1 cm³/mol. The van der Waals surface area contributed by atoms with Crippen molar-refractivity contribution in [2.75, 3.05) is 6.54 Å². The SMILES string of the molecule is CC(CNC(=O)C(C)C(N)c1ccccc1)Oc1ccccc1. The fourth-order valence-electron chi connectivity index (χ4n) is 2.31. The van der Waals surface area contributed by atoms with Crippen molar-refractivity contribution in [2.45, 2.75) is 26.0 Å². The molecule has 4 nitrogen and oxygen atoms in total. The summed E-state index contributed by atoms with van der Waals surface area (Å²) in [6, 6.07) is 18.9. The molecule has 0 aliphatic heterocycles. The van der Waals surface area contributed by atoms with Gasteiger partial charge < -0.3 is 15.8 Å². The number of nitrogens with two attached hydrogens (primary N) is 1. The Morgan fingerprint density at radius 2 is 1.61 bits per heavy atom. The minimum Gasteiger partial charge on any atom is -0.489 e. The van der Waals surface area contributed by atoms with Gasteiger partial charge in [0.15, 0.2) is 0 Å². The molecule has 3 atom stereocenters. The minimum atomic E-state index is -0.318. The van der Waals surface area contributed by atoms with Crippen LogP contribution in [-0.4, -0.2) is 18.6 Å². The van der Waals surface area contributed by atoms with Gasteiger partial charge in [-0.15, -0.1) is 0 Å². The van der Waals surface area contributed by atoms with Crippen LogP contribution in [0.15, 0.2) is 60.7 Å². The lowest BCUT2D eigenvalue weighted by atomic mass is 9.94. The van der Waals surface area contributed by atoms with Crippen LogP contribution < -0.4 is 15.8 Å². The number of nitrogens with one attached hydrogen (secondary N) is 1. The van der Waals surface area contributed by atoms with Crippen molar-refractivity contribution in [3.63, 3.8) is 0 Å². The molecule has 2 rings (SSSR count). The summed E-state index contributed by atoms with van der Waals surface area (Å²) < 4.78 is 5.74. The van der Waals surface area contributed by atoms with E-state index in [9.17, 15) is 4.79 Å². The second-order valence-electron chi connectivity index (χ2n) is 5.71. The average Bonchev–Trinajstić information content (AvgIpc) is 2.60. The first kappa shape index (κ1) is 17.0. The first-order chi connectivity index (χ1) is 11.1. The maximum absolute atomic E-state index is 12.3. The fraction of sp³-hybridized carbons (Fsp3) is 0.316. The zero-order valence-electron chi connectivity index (χ0n) is 13.6. The van der Waals surface area contributed by atoms with Gasteiger partial charge in [0.2, 0.25) is 5.91 Å². The van der Waals surface area contributed by atoms with Crippen molar-refractivity contribution in [1.82, 2.24) is 5.32 Å². The van der Waals surface area contributed by atoms with Gasteiger partial charge in [0.1, 0.15) is 11.9 Å². The highest BCUT2D eigenvalue weighted by Gasteiger charge is 2.22. The van der Waals surface area contributed by atoms with Gasteiger partial charge in [-0.25, -0.2) is 0 Å². The molecule has 0 heterocycles. The second kappa shape index (κ2) is 8.34. The molecule has 0 aliphatic carbocycles. The Morgan fingerprint density at radius 1 is 1.04 bits per heavy atom. The van der Waals surface area contributed by atoms with E-state index in [2.05, 4.69) is 5.32 Å². The molecule has 0 saturated carbocycles. The van der Waals surface area contributed by atoms with Crippen molar-refractivity contribution < 1.29 is 9.53 Å². The molecule has 1 amide bonds. The van der Waals surface area contributed by atoms with E-state index < -0.39 is 0 Å². The number of carbonyl (C=O) groups excluding carboxylic acids is 1. The van der Waals surface area contributed by atoms with E-state index >= 15 is 0 Å². The van der Waals surface area contributed by atoms with E-state index in [0.29, 0.717) is 6.54 Å². The first-order valence-electron chi connectivity index (χ1n) is 7.88. The molecule has 2 aromatic carbocycles. The Labute approximate surface area is 137 Å². The van der Waals surface area contributed by atoms with Crippen molar-refractivity contribution in [1.29, 1.82) is 0 Å². The topological polar surface area (TPSA) is 64.4 Å². The van der Waals surface area contributed by atoms with E-state index in [1.54, 1.807) is 0 Å². The van der Waals surface area contributed by atoms with Crippen LogP contribution in [0.2, 0.25) is 0 Å². The monoisotopic (exact) mass is 312 g/mol. The number of rotatable bonds is 7. The third-order valence-electron chi connectivity index (χ3n) is 3.78. The van der Waals surface area contributed by atoms with Gasteiger partial charge in [0, 0.05) is 6.04 Å². The molecule has 0 spiro atoms. The number of para-hydroxylation sites is 1. The van der Waals surface area contributed by atoms with Gasteiger partial charge in [-0.2, -0.15) is 0 Å². The smallest absolute Gasteiger partial charge is 0.224 e. The van der Waals surface area contributed by atoms with E-state index in [1.807, 2.05) is 74.5 Å². The second-order valence-corrected chi connectivity index (χ2v) is 5.71. The quantitative estimate of drug-likeness (QED) is 0.826. The van der Waals surface area contributed by atoms with Crippen molar-refractivity contribution in [3.05, 3.63) is 66.2 Å². The summed E-state index contributed by atoms with van der Waals surface area (Å²) >= 11 is 0. The minimum absolute atomic E-state index is 0.0649. The standard InChI is InChI=1S/C19H24N2O2/c1-14(23-17-11-7-4-8-12-17)13-21-19(22)15(2)18(20)16-9-5-3-6-10-16/h3-12,14-15,18H,13,20H2,1-2H3,(H,21,22). The lowest BCUT2D eigenvalue weighted by molar-refractivity contribution is -0.125. The zero-order valence-corrected chi connectivity index (χ0v) is 13.6. The zero-order chi connectivity index (χ0) is 16.7. The molecule has 0 fully saturated rings. The Morgan fingerprint density at radius 3 is 2.22 bits per heavy atom. The predicted octanol–water partition coefficient (Wildman–Crippen LogP) is 2.91. The van der Waals surface area contributed by atoms with E-state index in [0.717, 1.165) is 11.3 Å². The summed E-state index contributed by atoms with van der Waals surface area (Å²) in [6.07, 6.45) is -0.110. The Kier molecular flexibility index (Phi) is 6.18. The molecular formula is C19H24N2O2. The van der Waals surface area contributed by atoms with Gasteiger partial charge in [0.25, 0.3) is 0 Å². The molecule has 2 aromatic rings. The van der Waals surface area contributed by atoms with Crippen LogP contribution in [0.4, 0.5) is 0 Å². The molecule has 0 bridgehead atoms. The van der Waals surface area contributed by atoms with Gasteiger partial charge in [-0.05, 0) is 24.6 Å². The average molecular weight is 312 g/mol. The number of hydrogen-bond acceptors (Lipinski definition) is 3. The van der Waals surface area contributed by atoms with Gasteiger partial charge >= 0.3 is 0 Å². The highest BCUT2D eigenvalue weighted by molar-refractivity contribution is 5.79. The molecule has 4 heteroatoms. The van der Waals surface area contributed by atoms with Crippen LogP contribution in [0, 0.1) is 5.92 Å². The van der Waals surface area contributed by atoms with E-state index in [1.165, 1.54) is 0 Å². The van der Waals surface area contributed by atoms with Crippen LogP contribution in [0.25, 0.3) is 0 Å². The first-order valence-corrected chi connectivity index (χ1v) is 7.88. The van der Waals surface area contributed by atoms with Gasteiger partial charge in [-0.3, -0.25) is 4.79 Å². The van der Waals surface area contributed by atoms with Crippen LogP contribution in [0.1, 0.15) is 25.5 Å². The summed E-state index contributed by atoms with van der Waals surface area (Å²) in [4.78, 5) is 12.3. The largest absolute Gasteiger partial charge is 0.489 e. The van der Waals surface area contributed by atoms with Crippen molar-refractivity contribution >= 4 is 5.91 Å². The van der Waals surface area contributed by atoms with E-state index in [-0.39, 0.29) is 24.0 Å². The van der Waals surface area contributed by atoms with Crippen LogP contribution in [0.5, 0.6) is 5.75 Å². The van der Waals surface area contributed by atoms with Crippen LogP contribution in [0.3, 0.4) is 0 Å². The van der Waals surface area contributed by atoms with Crippen LogP contribution in [-0.2, 0) is 4.79 Å².